The molecule has 1 aromatic carbocycles. The van der Waals surface area contributed by atoms with E-state index in [-0.39, 0.29) is 18.1 Å². The molecule has 0 spiro atoms. The van der Waals surface area contributed by atoms with Gasteiger partial charge in [-0.25, -0.2) is 13.8 Å². The number of benzene rings is 1. The Morgan fingerprint density at radius 3 is 2.62 bits per heavy atom. The van der Waals surface area contributed by atoms with Gasteiger partial charge in [0.05, 0.1) is 17.6 Å². The molecule has 29 heavy (non-hydrogen) atoms. The van der Waals surface area contributed by atoms with Crippen molar-refractivity contribution in [1.82, 2.24) is 14.8 Å². The Balaban J connectivity index is 1.85. The van der Waals surface area contributed by atoms with Crippen molar-refractivity contribution in [2.75, 3.05) is 10.7 Å². The highest BCUT2D eigenvalue weighted by Crippen LogP contribution is 2.27. The van der Waals surface area contributed by atoms with Gasteiger partial charge in [-0.15, -0.1) is 0 Å². The third kappa shape index (κ3) is 5.11. The Kier molecular flexibility index (Phi) is 6.47. The first-order valence-electron chi connectivity index (χ1n) is 8.56. The number of halogens is 2. The fourth-order valence-corrected chi connectivity index (χ4v) is 2.92. The van der Waals surface area contributed by atoms with E-state index in [0.717, 1.165) is 16.7 Å². The van der Waals surface area contributed by atoms with E-state index in [0.29, 0.717) is 16.9 Å². The van der Waals surface area contributed by atoms with Crippen LogP contribution in [0.4, 0.5) is 26.0 Å². The number of aromatic nitrogens is 2. The largest absolute Gasteiger partial charge is 0.759 e. The van der Waals surface area contributed by atoms with Crippen molar-refractivity contribution < 1.29 is 17.5 Å². The molecular formula is C19H18F2N5O2S-. The normalized spacial score (nSPS) is 11.9. The van der Waals surface area contributed by atoms with Crippen LogP contribution in [0.1, 0.15) is 22.3 Å². The molecule has 0 bridgehead atoms. The number of aryl methyl sites for hydroxylation is 1. The molecule has 0 saturated heterocycles. The van der Waals surface area contributed by atoms with Crippen LogP contribution in [0.5, 0.6) is 0 Å². The lowest BCUT2D eigenvalue weighted by atomic mass is 10.0. The number of anilines is 3. The highest BCUT2D eigenvalue weighted by atomic mass is 32.2. The zero-order chi connectivity index (χ0) is 21.0. The third-order valence-electron chi connectivity index (χ3n) is 4.32. The number of rotatable bonds is 7. The van der Waals surface area contributed by atoms with Gasteiger partial charge in [0.2, 0.25) is 0 Å². The molecule has 0 aliphatic heterocycles. The summed E-state index contributed by atoms with van der Waals surface area (Å²) in [6, 6.07) is 6.36. The first-order chi connectivity index (χ1) is 13.8. The van der Waals surface area contributed by atoms with E-state index in [4.69, 9.17) is 0 Å². The monoisotopic (exact) mass is 418 g/mol. The van der Waals surface area contributed by atoms with Gasteiger partial charge in [-0.2, -0.15) is 4.83 Å². The molecule has 152 valence electrons. The lowest BCUT2D eigenvalue weighted by Crippen LogP contribution is -2.25. The van der Waals surface area contributed by atoms with E-state index >= 15 is 0 Å². The molecule has 0 amide bonds. The van der Waals surface area contributed by atoms with E-state index in [1.807, 2.05) is 11.8 Å². The molecule has 0 fully saturated rings. The molecule has 7 nitrogen and oxygen atoms in total. The Labute approximate surface area is 169 Å². The molecule has 3 N–H and O–H groups in total. The van der Waals surface area contributed by atoms with Gasteiger partial charge >= 0.3 is 0 Å². The Morgan fingerprint density at radius 1 is 1.10 bits per heavy atom. The summed E-state index contributed by atoms with van der Waals surface area (Å²) in [6.45, 7) is 3.63. The summed E-state index contributed by atoms with van der Waals surface area (Å²) in [5.41, 5.74) is 5.71. The lowest BCUT2D eigenvalue weighted by Gasteiger charge is -2.15. The second-order valence-electron chi connectivity index (χ2n) is 6.35. The van der Waals surface area contributed by atoms with Crippen LogP contribution in [0.15, 0.2) is 42.9 Å². The Bertz CT molecular complexity index is 1060. The molecule has 0 saturated carbocycles. The van der Waals surface area contributed by atoms with E-state index in [1.165, 1.54) is 18.3 Å². The number of hydrazine groups is 1. The summed E-state index contributed by atoms with van der Waals surface area (Å²) in [6.07, 6.45) is 4.72. The van der Waals surface area contributed by atoms with Gasteiger partial charge in [-0.1, -0.05) is 6.07 Å². The maximum absolute atomic E-state index is 14.6. The van der Waals surface area contributed by atoms with Crippen LogP contribution < -0.4 is 15.6 Å². The van der Waals surface area contributed by atoms with E-state index in [2.05, 4.69) is 20.7 Å². The molecule has 1 unspecified atom stereocenters. The zero-order valence-corrected chi connectivity index (χ0v) is 16.4. The average Bonchev–Trinajstić information content (AvgIpc) is 2.67. The van der Waals surface area contributed by atoms with Gasteiger partial charge in [-0.3, -0.25) is 14.6 Å². The topological polar surface area (TPSA) is 102 Å². The Morgan fingerprint density at radius 2 is 1.90 bits per heavy atom. The first kappa shape index (κ1) is 20.8. The SMILES string of the molecule is Cc1ccc(Nc2cncc(Cc3ccnc(NNS(=O)[O-])c3F)c2C)c(F)c1. The quantitative estimate of drug-likeness (QED) is 0.401. The molecule has 0 aliphatic rings. The maximum atomic E-state index is 14.6. The molecule has 1 atom stereocenters. The smallest absolute Gasteiger partial charge is 0.177 e. The molecule has 3 rings (SSSR count). The summed E-state index contributed by atoms with van der Waals surface area (Å²) in [7, 11) is 0. The highest BCUT2D eigenvalue weighted by molar-refractivity contribution is 7.77. The summed E-state index contributed by atoms with van der Waals surface area (Å²) >= 11 is -2.62. The van der Waals surface area contributed by atoms with Gasteiger partial charge in [0.25, 0.3) is 0 Å². The van der Waals surface area contributed by atoms with Gasteiger partial charge in [0, 0.05) is 30.1 Å². The third-order valence-corrected chi connectivity index (χ3v) is 4.59. The molecular weight excluding hydrogens is 400 g/mol. The van der Waals surface area contributed by atoms with Crippen molar-refractivity contribution >= 4 is 28.5 Å². The van der Waals surface area contributed by atoms with Crippen molar-refractivity contribution in [3.63, 3.8) is 0 Å². The predicted octanol–water partition coefficient (Wildman–Crippen LogP) is 3.42. The molecule has 0 radical (unpaired) electrons. The van der Waals surface area contributed by atoms with Crippen molar-refractivity contribution in [1.29, 1.82) is 0 Å². The van der Waals surface area contributed by atoms with E-state index in [1.54, 1.807) is 31.5 Å². The fourth-order valence-electron chi connectivity index (χ4n) is 2.74. The second-order valence-corrected chi connectivity index (χ2v) is 7.02. The summed E-state index contributed by atoms with van der Waals surface area (Å²) in [4.78, 5) is 9.79. The minimum absolute atomic E-state index is 0.189. The van der Waals surface area contributed by atoms with Crippen LogP contribution in [-0.2, 0) is 17.7 Å². The van der Waals surface area contributed by atoms with Crippen molar-refractivity contribution in [3.8, 4) is 0 Å². The van der Waals surface area contributed by atoms with Crippen LogP contribution in [-0.4, -0.2) is 18.7 Å². The van der Waals surface area contributed by atoms with Crippen LogP contribution in [0.25, 0.3) is 0 Å². The predicted molar refractivity (Wildman–Crippen MR) is 106 cm³/mol. The number of pyridine rings is 2. The van der Waals surface area contributed by atoms with Crippen molar-refractivity contribution in [3.05, 3.63) is 76.7 Å². The maximum Gasteiger partial charge on any atom is 0.177 e. The summed E-state index contributed by atoms with van der Waals surface area (Å²) in [5.74, 6) is -1.31. The molecule has 10 heteroatoms. The molecule has 2 aromatic heterocycles. The van der Waals surface area contributed by atoms with Gasteiger partial charge in [0.1, 0.15) is 5.82 Å². The first-order valence-corrected chi connectivity index (χ1v) is 9.63. The van der Waals surface area contributed by atoms with Gasteiger partial charge < -0.3 is 9.87 Å². The zero-order valence-electron chi connectivity index (χ0n) is 15.6. The summed E-state index contributed by atoms with van der Waals surface area (Å²) in [5, 5.41) is 3.02. The fraction of sp³-hybridized carbons (Fsp3) is 0.158. The number of nitrogens with one attached hydrogen (secondary N) is 3. The Hall–Kier alpha value is -2.95. The molecule has 2 heterocycles. The summed E-state index contributed by atoms with van der Waals surface area (Å²) < 4.78 is 49.9. The van der Waals surface area contributed by atoms with Gasteiger partial charge in [-0.05, 0) is 54.3 Å². The van der Waals surface area contributed by atoms with Crippen LogP contribution >= 0.6 is 0 Å². The van der Waals surface area contributed by atoms with Crippen LogP contribution in [0.3, 0.4) is 0 Å². The number of hydrogen-bond acceptors (Lipinski definition) is 6. The van der Waals surface area contributed by atoms with Crippen molar-refractivity contribution in [2.24, 2.45) is 0 Å². The number of hydrogen-bond donors (Lipinski definition) is 3. The van der Waals surface area contributed by atoms with Crippen molar-refractivity contribution in [2.45, 2.75) is 20.3 Å². The molecule has 0 aliphatic carbocycles. The van der Waals surface area contributed by atoms with Gasteiger partial charge in [0.15, 0.2) is 11.6 Å². The minimum atomic E-state index is -2.62. The van der Waals surface area contributed by atoms with E-state index in [9.17, 15) is 17.5 Å². The van der Waals surface area contributed by atoms with Crippen LogP contribution in [0.2, 0.25) is 0 Å². The standard InChI is InChI=1S/C19H19F2N5O2S/c1-11-3-4-16(15(20)7-11)24-17-10-22-9-14(12(17)2)8-13-5-6-23-19(18(13)21)25-26-29(27)28/h3-7,9-10,24,26H,8H2,1-2H3,(H,23,25)(H,27,28)/p-1. The second kappa shape index (κ2) is 9.03. The average molecular weight is 418 g/mol. The lowest BCUT2D eigenvalue weighted by molar-refractivity contribution is 0.527. The number of nitrogens with zero attached hydrogens (tertiary/aromatic N) is 2. The molecule has 3 aromatic rings. The minimum Gasteiger partial charge on any atom is -0.759 e. The van der Waals surface area contributed by atoms with E-state index < -0.39 is 17.1 Å². The highest BCUT2D eigenvalue weighted by Gasteiger charge is 2.13. The van der Waals surface area contributed by atoms with Crippen LogP contribution in [0, 0.1) is 25.5 Å².